The molecule has 84 valence electrons. The quantitative estimate of drug-likeness (QED) is 0.612. The molecule has 0 saturated heterocycles. The first-order valence-electron chi connectivity index (χ1n) is 4.83. The first-order valence-corrected chi connectivity index (χ1v) is 4.83. The summed E-state index contributed by atoms with van der Waals surface area (Å²) in [7, 11) is 0. The number of hydrogen-bond acceptors (Lipinski definition) is 4. The molecule has 16 heavy (non-hydrogen) atoms. The van der Waals surface area contributed by atoms with Crippen LogP contribution < -0.4 is 10.5 Å². The second-order valence-electron chi connectivity index (χ2n) is 3.62. The maximum absolute atomic E-state index is 11.0. The Balaban J connectivity index is 2.34. The maximum Gasteiger partial charge on any atom is 0.282 e. The zero-order chi connectivity index (χ0) is 11.7. The molecule has 1 fully saturated rings. The maximum atomic E-state index is 11.0. The number of rotatable bonds is 4. The average Bonchev–Trinajstić information content (AvgIpc) is 3.01. The highest BCUT2D eigenvalue weighted by molar-refractivity contribution is 5.97. The first-order chi connectivity index (χ1) is 7.58. The molecule has 1 aliphatic carbocycles. The summed E-state index contributed by atoms with van der Waals surface area (Å²) in [5.41, 5.74) is 4.65. The highest BCUT2D eigenvalue weighted by Gasteiger charge is 2.25. The van der Waals surface area contributed by atoms with Gasteiger partial charge in [0, 0.05) is 6.07 Å². The van der Waals surface area contributed by atoms with Gasteiger partial charge in [-0.05, 0) is 25.0 Å². The third kappa shape index (κ3) is 2.10. The summed E-state index contributed by atoms with van der Waals surface area (Å²) in [6, 6.07) is 4.03. The van der Waals surface area contributed by atoms with E-state index < -0.39 is 10.8 Å². The van der Waals surface area contributed by atoms with Crippen LogP contribution in [0.15, 0.2) is 18.2 Å². The summed E-state index contributed by atoms with van der Waals surface area (Å²) in [5, 5.41) is 10.6. The monoisotopic (exact) mass is 222 g/mol. The lowest BCUT2D eigenvalue weighted by atomic mass is 10.1. The lowest BCUT2D eigenvalue weighted by Crippen LogP contribution is -2.13. The number of nitro benzene ring substituents is 1. The second-order valence-corrected chi connectivity index (χ2v) is 3.62. The van der Waals surface area contributed by atoms with Gasteiger partial charge in [0.1, 0.15) is 11.3 Å². The van der Waals surface area contributed by atoms with Gasteiger partial charge >= 0.3 is 0 Å². The predicted octanol–water partition coefficient (Wildman–Crippen LogP) is 1.23. The smallest absolute Gasteiger partial charge is 0.282 e. The van der Waals surface area contributed by atoms with Gasteiger partial charge in [-0.2, -0.15) is 0 Å². The summed E-state index contributed by atoms with van der Waals surface area (Å²) >= 11 is 0. The number of carbonyl (C=O) groups excluding carboxylic acids is 1. The van der Waals surface area contributed by atoms with Crippen LogP contribution in [0.4, 0.5) is 5.69 Å². The van der Waals surface area contributed by atoms with Crippen LogP contribution in [-0.2, 0) is 0 Å². The molecule has 1 aromatic carbocycles. The van der Waals surface area contributed by atoms with E-state index in [1.54, 1.807) is 0 Å². The molecule has 0 aromatic heterocycles. The summed E-state index contributed by atoms with van der Waals surface area (Å²) in [5.74, 6) is -0.380. The van der Waals surface area contributed by atoms with Crippen LogP contribution in [0.25, 0.3) is 0 Å². The van der Waals surface area contributed by atoms with Crippen LogP contribution in [0.1, 0.15) is 23.2 Å². The van der Waals surface area contributed by atoms with Gasteiger partial charge in [0.05, 0.1) is 11.0 Å². The SMILES string of the molecule is NC(=O)c1cc(OC2CC2)ccc1[N+](=O)[O-]. The summed E-state index contributed by atoms with van der Waals surface area (Å²) in [6.45, 7) is 0. The lowest BCUT2D eigenvalue weighted by molar-refractivity contribution is -0.385. The van der Waals surface area contributed by atoms with E-state index in [1.807, 2.05) is 0 Å². The number of ether oxygens (including phenoxy) is 1. The van der Waals surface area contributed by atoms with Gasteiger partial charge < -0.3 is 10.5 Å². The minimum absolute atomic E-state index is 0.122. The molecule has 1 aromatic rings. The summed E-state index contributed by atoms with van der Waals surface area (Å²) < 4.78 is 5.42. The molecular formula is C10H10N2O4. The fourth-order valence-electron chi connectivity index (χ4n) is 1.32. The Morgan fingerprint density at radius 2 is 2.19 bits per heavy atom. The molecular weight excluding hydrogens is 212 g/mol. The van der Waals surface area contributed by atoms with Gasteiger partial charge in [-0.1, -0.05) is 0 Å². The van der Waals surface area contributed by atoms with E-state index in [-0.39, 0.29) is 17.4 Å². The van der Waals surface area contributed by atoms with Crippen LogP contribution in [0, 0.1) is 10.1 Å². The van der Waals surface area contributed by atoms with Gasteiger partial charge in [-0.15, -0.1) is 0 Å². The van der Waals surface area contributed by atoms with Crippen molar-refractivity contribution in [1.29, 1.82) is 0 Å². The van der Waals surface area contributed by atoms with Crippen molar-refractivity contribution in [2.45, 2.75) is 18.9 Å². The van der Waals surface area contributed by atoms with Gasteiger partial charge in [0.2, 0.25) is 0 Å². The number of hydrogen-bond donors (Lipinski definition) is 1. The van der Waals surface area contributed by atoms with Crippen LogP contribution in [0.3, 0.4) is 0 Å². The zero-order valence-corrected chi connectivity index (χ0v) is 8.38. The predicted molar refractivity (Wildman–Crippen MR) is 55.3 cm³/mol. The molecule has 1 aliphatic rings. The number of nitrogens with zero attached hydrogens (tertiary/aromatic N) is 1. The molecule has 1 saturated carbocycles. The minimum Gasteiger partial charge on any atom is -0.490 e. The molecule has 0 spiro atoms. The third-order valence-corrected chi connectivity index (χ3v) is 2.26. The van der Waals surface area contributed by atoms with E-state index in [1.165, 1.54) is 18.2 Å². The second kappa shape index (κ2) is 3.80. The number of benzene rings is 1. The molecule has 0 bridgehead atoms. The molecule has 0 radical (unpaired) electrons. The Morgan fingerprint density at radius 1 is 1.50 bits per heavy atom. The molecule has 1 amide bonds. The van der Waals surface area contributed by atoms with E-state index in [2.05, 4.69) is 0 Å². The number of amides is 1. The van der Waals surface area contributed by atoms with E-state index >= 15 is 0 Å². The highest BCUT2D eigenvalue weighted by Crippen LogP contribution is 2.29. The standard InChI is InChI=1S/C10H10N2O4/c11-10(13)8-5-7(16-6-1-2-6)3-4-9(8)12(14)15/h3-6H,1-2H2,(H2,11,13). The lowest BCUT2D eigenvalue weighted by Gasteiger charge is -2.05. The van der Waals surface area contributed by atoms with Crippen LogP contribution in [0.2, 0.25) is 0 Å². The van der Waals surface area contributed by atoms with E-state index in [9.17, 15) is 14.9 Å². The summed E-state index contributed by atoms with van der Waals surface area (Å²) in [4.78, 5) is 21.0. The Hall–Kier alpha value is -2.11. The highest BCUT2D eigenvalue weighted by atomic mass is 16.6. The van der Waals surface area contributed by atoms with Crippen molar-refractivity contribution >= 4 is 11.6 Å². The van der Waals surface area contributed by atoms with Gasteiger partial charge in [-0.25, -0.2) is 0 Å². The van der Waals surface area contributed by atoms with Crippen molar-refractivity contribution in [2.75, 3.05) is 0 Å². The fourth-order valence-corrected chi connectivity index (χ4v) is 1.32. The Morgan fingerprint density at radius 3 is 2.69 bits per heavy atom. The molecule has 2 N–H and O–H groups in total. The average molecular weight is 222 g/mol. The number of nitro groups is 1. The minimum atomic E-state index is -0.826. The Labute approximate surface area is 91.2 Å². The molecule has 0 unspecified atom stereocenters. The third-order valence-electron chi connectivity index (χ3n) is 2.26. The number of nitrogens with two attached hydrogens (primary N) is 1. The van der Waals surface area contributed by atoms with Gasteiger partial charge in [0.15, 0.2) is 0 Å². The van der Waals surface area contributed by atoms with Gasteiger partial charge in [-0.3, -0.25) is 14.9 Å². The molecule has 2 rings (SSSR count). The molecule has 6 nitrogen and oxygen atoms in total. The van der Waals surface area contributed by atoms with E-state index in [0.717, 1.165) is 12.8 Å². The Bertz CT molecular complexity index is 454. The topological polar surface area (TPSA) is 95.5 Å². The van der Waals surface area contributed by atoms with Crippen molar-refractivity contribution in [3.63, 3.8) is 0 Å². The fraction of sp³-hybridized carbons (Fsp3) is 0.300. The Kier molecular flexibility index (Phi) is 2.47. The van der Waals surface area contributed by atoms with Crippen LogP contribution in [-0.4, -0.2) is 16.9 Å². The largest absolute Gasteiger partial charge is 0.490 e. The first kappa shape index (κ1) is 10.4. The van der Waals surface area contributed by atoms with E-state index in [0.29, 0.717) is 5.75 Å². The van der Waals surface area contributed by atoms with Crippen molar-refractivity contribution in [2.24, 2.45) is 5.73 Å². The van der Waals surface area contributed by atoms with E-state index in [4.69, 9.17) is 10.5 Å². The zero-order valence-electron chi connectivity index (χ0n) is 8.38. The van der Waals surface area contributed by atoms with Crippen molar-refractivity contribution in [3.8, 4) is 5.75 Å². The van der Waals surface area contributed by atoms with Crippen LogP contribution >= 0.6 is 0 Å². The normalized spacial score (nSPS) is 14.5. The van der Waals surface area contributed by atoms with Crippen molar-refractivity contribution in [1.82, 2.24) is 0 Å². The van der Waals surface area contributed by atoms with Gasteiger partial charge in [0.25, 0.3) is 11.6 Å². The molecule has 0 aliphatic heterocycles. The number of primary amides is 1. The summed E-state index contributed by atoms with van der Waals surface area (Å²) in [6.07, 6.45) is 2.12. The molecule has 0 heterocycles. The molecule has 0 atom stereocenters. The van der Waals surface area contributed by atoms with Crippen molar-refractivity contribution < 1.29 is 14.5 Å². The number of carbonyl (C=O) groups is 1. The van der Waals surface area contributed by atoms with Crippen molar-refractivity contribution in [3.05, 3.63) is 33.9 Å². The van der Waals surface area contributed by atoms with Crippen LogP contribution in [0.5, 0.6) is 5.75 Å². The molecule has 6 heteroatoms.